The molecule has 0 radical (unpaired) electrons. The van der Waals surface area contributed by atoms with Gasteiger partial charge in [-0.15, -0.1) is 0 Å². The normalized spacial score (nSPS) is 14.0. The Hall–Kier alpha value is -2.03. The summed E-state index contributed by atoms with van der Waals surface area (Å²) in [6.45, 7) is 1.18. The van der Waals surface area contributed by atoms with Crippen LogP contribution in [-0.4, -0.2) is 19.0 Å². The SMILES string of the molecule is CCC(=O)OB1OCc2c1cc(C(N)=O)cc2C(F)(F)F. The predicted octanol–water partition coefficient (Wildman–Crippen LogP) is 0.983. The summed E-state index contributed by atoms with van der Waals surface area (Å²) in [5.74, 6) is -1.62. The first-order valence-corrected chi connectivity index (χ1v) is 6.09. The van der Waals surface area contributed by atoms with Crippen LogP contribution in [0.3, 0.4) is 0 Å². The van der Waals surface area contributed by atoms with Crippen LogP contribution in [-0.2, 0) is 26.9 Å². The Morgan fingerprint density at radius 2 is 2.10 bits per heavy atom. The summed E-state index contributed by atoms with van der Waals surface area (Å²) in [4.78, 5) is 22.4. The number of nitrogens with two attached hydrogens (primary N) is 1. The molecule has 1 aromatic rings. The average molecular weight is 301 g/mol. The second-order valence-corrected chi connectivity index (χ2v) is 4.44. The van der Waals surface area contributed by atoms with Crippen molar-refractivity contribution in [2.75, 3.05) is 0 Å². The van der Waals surface area contributed by atoms with Crippen molar-refractivity contribution in [3.05, 3.63) is 28.8 Å². The standard InChI is InChI=1S/C12H11BF3NO4/c1-2-10(18)21-13-9-4-6(11(17)19)3-8(12(14,15)16)7(9)5-20-13/h3-4H,2,5H2,1H3,(H2,17,19). The summed E-state index contributed by atoms with van der Waals surface area (Å²) in [6.07, 6.45) is -4.61. The number of carbonyl (C=O) groups excluding carboxylic acids is 2. The molecule has 0 spiro atoms. The Labute approximate surface area is 118 Å². The molecule has 1 aliphatic heterocycles. The van der Waals surface area contributed by atoms with Gasteiger partial charge in [-0.1, -0.05) is 6.92 Å². The fraction of sp³-hybridized carbons (Fsp3) is 0.333. The van der Waals surface area contributed by atoms with Gasteiger partial charge in [-0.3, -0.25) is 9.59 Å². The van der Waals surface area contributed by atoms with E-state index in [1.165, 1.54) is 0 Å². The maximum absolute atomic E-state index is 13.0. The second-order valence-electron chi connectivity index (χ2n) is 4.44. The fourth-order valence-corrected chi connectivity index (χ4v) is 2.01. The second kappa shape index (κ2) is 5.40. The number of amides is 1. The lowest BCUT2D eigenvalue weighted by atomic mass is 9.76. The highest BCUT2D eigenvalue weighted by Gasteiger charge is 2.42. The highest BCUT2D eigenvalue weighted by Crippen LogP contribution is 2.34. The van der Waals surface area contributed by atoms with Gasteiger partial charge in [0.2, 0.25) is 5.91 Å². The molecule has 21 heavy (non-hydrogen) atoms. The van der Waals surface area contributed by atoms with E-state index in [9.17, 15) is 22.8 Å². The Balaban J connectivity index is 2.51. The number of rotatable bonds is 3. The predicted molar refractivity (Wildman–Crippen MR) is 66.5 cm³/mol. The van der Waals surface area contributed by atoms with E-state index in [1.54, 1.807) is 6.92 Å². The zero-order chi connectivity index (χ0) is 15.8. The maximum atomic E-state index is 13.0. The molecule has 1 heterocycles. The summed E-state index contributed by atoms with van der Waals surface area (Å²) in [5, 5.41) is 0. The molecule has 1 aliphatic rings. The highest BCUT2D eigenvalue weighted by molar-refractivity contribution is 6.64. The Bertz CT molecular complexity index is 603. The van der Waals surface area contributed by atoms with Crippen LogP contribution in [0.2, 0.25) is 0 Å². The number of fused-ring (bicyclic) bond motifs is 1. The van der Waals surface area contributed by atoms with Gasteiger partial charge in [-0.05, 0) is 17.7 Å². The third-order valence-corrected chi connectivity index (χ3v) is 3.03. The first-order valence-electron chi connectivity index (χ1n) is 6.09. The molecule has 112 valence electrons. The minimum atomic E-state index is -4.66. The smallest absolute Gasteiger partial charge is 0.506 e. The minimum absolute atomic E-state index is 0.000394. The van der Waals surface area contributed by atoms with Crippen LogP contribution in [0, 0.1) is 0 Å². The maximum Gasteiger partial charge on any atom is 0.565 e. The molecule has 0 fully saturated rings. The molecule has 0 aliphatic carbocycles. The van der Waals surface area contributed by atoms with Gasteiger partial charge in [0.25, 0.3) is 5.97 Å². The van der Waals surface area contributed by atoms with Gasteiger partial charge >= 0.3 is 13.3 Å². The average Bonchev–Trinajstić information content (AvgIpc) is 2.79. The van der Waals surface area contributed by atoms with E-state index in [2.05, 4.69) is 0 Å². The van der Waals surface area contributed by atoms with E-state index < -0.39 is 30.7 Å². The van der Waals surface area contributed by atoms with Crippen LogP contribution in [0.4, 0.5) is 13.2 Å². The zero-order valence-electron chi connectivity index (χ0n) is 11.0. The monoisotopic (exact) mass is 301 g/mol. The van der Waals surface area contributed by atoms with Crippen LogP contribution in [0.1, 0.15) is 34.8 Å². The van der Waals surface area contributed by atoms with E-state index in [0.717, 1.165) is 6.07 Å². The van der Waals surface area contributed by atoms with Crippen molar-refractivity contribution < 1.29 is 32.1 Å². The Morgan fingerprint density at radius 3 is 2.62 bits per heavy atom. The van der Waals surface area contributed by atoms with Crippen molar-refractivity contribution in [3.8, 4) is 0 Å². The quantitative estimate of drug-likeness (QED) is 0.844. The summed E-state index contributed by atoms with van der Waals surface area (Å²) in [7, 11) is -1.26. The molecule has 1 amide bonds. The van der Waals surface area contributed by atoms with Crippen molar-refractivity contribution >= 4 is 24.5 Å². The molecular weight excluding hydrogens is 290 g/mol. The Morgan fingerprint density at radius 1 is 1.43 bits per heavy atom. The number of primary amides is 1. The first kappa shape index (κ1) is 15.4. The summed E-state index contributed by atoms with van der Waals surface area (Å²) >= 11 is 0. The number of benzene rings is 1. The summed E-state index contributed by atoms with van der Waals surface area (Å²) in [6, 6.07) is 1.84. The molecule has 1 aromatic carbocycles. The van der Waals surface area contributed by atoms with Gasteiger partial charge in [0.05, 0.1) is 12.2 Å². The van der Waals surface area contributed by atoms with Gasteiger partial charge in [0.1, 0.15) is 0 Å². The van der Waals surface area contributed by atoms with E-state index in [4.69, 9.17) is 15.0 Å². The molecule has 9 heteroatoms. The fourth-order valence-electron chi connectivity index (χ4n) is 2.01. The topological polar surface area (TPSA) is 78.6 Å². The molecule has 2 N–H and O–H groups in total. The van der Waals surface area contributed by atoms with Gasteiger partial charge in [0.15, 0.2) is 0 Å². The molecule has 0 bridgehead atoms. The minimum Gasteiger partial charge on any atom is -0.506 e. The molecule has 2 rings (SSSR count). The van der Waals surface area contributed by atoms with Crippen molar-refractivity contribution in [3.63, 3.8) is 0 Å². The van der Waals surface area contributed by atoms with Crippen LogP contribution in [0.15, 0.2) is 12.1 Å². The van der Waals surface area contributed by atoms with Gasteiger partial charge in [-0.25, -0.2) is 0 Å². The zero-order valence-corrected chi connectivity index (χ0v) is 11.0. The van der Waals surface area contributed by atoms with E-state index in [0.29, 0.717) is 6.07 Å². The molecule has 5 nitrogen and oxygen atoms in total. The summed E-state index contributed by atoms with van der Waals surface area (Å²) in [5.41, 5.74) is 3.56. The molecule has 0 atom stereocenters. The first-order chi connectivity index (χ1) is 9.74. The van der Waals surface area contributed by atoms with Crippen LogP contribution >= 0.6 is 0 Å². The van der Waals surface area contributed by atoms with Crippen LogP contribution in [0.5, 0.6) is 0 Å². The third-order valence-electron chi connectivity index (χ3n) is 3.03. The largest absolute Gasteiger partial charge is 0.565 e. The van der Waals surface area contributed by atoms with Gasteiger partial charge < -0.3 is 15.0 Å². The third kappa shape index (κ3) is 3.02. The Kier molecular flexibility index (Phi) is 3.95. The van der Waals surface area contributed by atoms with Gasteiger partial charge in [-0.2, -0.15) is 13.2 Å². The van der Waals surface area contributed by atoms with Crippen molar-refractivity contribution in [2.45, 2.75) is 26.1 Å². The number of hydrogen-bond acceptors (Lipinski definition) is 4. The molecule has 0 saturated heterocycles. The number of hydrogen-bond donors (Lipinski definition) is 1. The van der Waals surface area contributed by atoms with Gasteiger partial charge in [0, 0.05) is 17.4 Å². The van der Waals surface area contributed by atoms with Crippen molar-refractivity contribution in [1.29, 1.82) is 0 Å². The molecular formula is C12H11BF3NO4. The van der Waals surface area contributed by atoms with E-state index >= 15 is 0 Å². The van der Waals surface area contributed by atoms with E-state index in [-0.39, 0.29) is 29.6 Å². The summed E-state index contributed by atoms with van der Waals surface area (Å²) < 4.78 is 49.1. The lowest BCUT2D eigenvalue weighted by Gasteiger charge is -2.13. The van der Waals surface area contributed by atoms with Crippen molar-refractivity contribution in [1.82, 2.24) is 0 Å². The van der Waals surface area contributed by atoms with Crippen LogP contribution in [0.25, 0.3) is 0 Å². The molecule has 0 unspecified atom stereocenters. The molecule has 0 saturated carbocycles. The number of carbonyl (C=O) groups is 2. The van der Waals surface area contributed by atoms with Crippen LogP contribution < -0.4 is 11.2 Å². The number of alkyl halides is 3. The van der Waals surface area contributed by atoms with Crippen molar-refractivity contribution in [2.24, 2.45) is 5.73 Å². The lowest BCUT2D eigenvalue weighted by Crippen LogP contribution is -2.36. The highest BCUT2D eigenvalue weighted by atomic mass is 19.4. The van der Waals surface area contributed by atoms with E-state index in [1.807, 2.05) is 0 Å². The lowest BCUT2D eigenvalue weighted by molar-refractivity contribution is -0.139. The number of halogens is 3. The molecule has 0 aromatic heterocycles.